The molecule has 0 bridgehead atoms. The van der Waals surface area contributed by atoms with Crippen LogP contribution >= 0.6 is 0 Å². The van der Waals surface area contributed by atoms with Gasteiger partial charge in [-0.2, -0.15) is 0 Å². The first kappa shape index (κ1) is 24.6. The number of nitrogens with zero attached hydrogens (tertiary/aromatic N) is 2. The summed E-state index contributed by atoms with van der Waals surface area (Å²) < 4.78 is 11.8. The normalized spacial score (nSPS) is 10.9. The minimum Gasteiger partial charge on any atom is -0.449 e. The molecule has 2 aliphatic carbocycles. The summed E-state index contributed by atoms with van der Waals surface area (Å²) >= 11 is 0. The molecule has 0 unspecified atom stereocenters. The molecular formula is C27H29N3O4. The van der Waals surface area contributed by atoms with Crippen LogP contribution in [0.25, 0.3) is 22.4 Å². The number of nitrogens with one attached hydrogen (secondary N) is 1. The predicted octanol–water partition coefficient (Wildman–Crippen LogP) is 6.33. The quantitative estimate of drug-likeness (QED) is 0.278. The third kappa shape index (κ3) is 6.48. The molecule has 0 saturated carbocycles. The van der Waals surface area contributed by atoms with Crippen LogP contribution in [0.1, 0.15) is 46.1 Å². The van der Waals surface area contributed by atoms with Gasteiger partial charge in [-0.15, -0.1) is 6.42 Å². The van der Waals surface area contributed by atoms with Gasteiger partial charge in [-0.05, 0) is 50.5 Å². The minimum absolute atomic E-state index is 0.00225. The van der Waals surface area contributed by atoms with E-state index in [0.29, 0.717) is 16.8 Å². The average Bonchev–Trinajstić information content (AvgIpc) is 3.17. The molecule has 7 heteroatoms. The summed E-state index contributed by atoms with van der Waals surface area (Å²) in [6, 6.07) is 15.6. The summed E-state index contributed by atoms with van der Waals surface area (Å²) in [5.41, 5.74) is 3.74. The zero-order valence-electron chi connectivity index (χ0n) is 19.9. The smallest absolute Gasteiger partial charge is 0.421 e. The van der Waals surface area contributed by atoms with Gasteiger partial charge in [0.15, 0.2) is 0 Å². The highest BCUT2D eigenvalue weighted by Gasteiger charge is 2.26. The fourth-order valence-electron chi connectivity index (χ4n) is 3.07. The standard InChI is InChI=1S/C21H25N3O4.C6H4/c1-6-8-13-27-19(25)23-18-22-14-17(16-12-10-9-11-15(16)7-2)24(18)20(26)28-21(3,4)5;1-2-5-4-6(5)3-1/h2,9-12,14H,6,8,13H2,1,3-5H3,(H,22,23,25);1-4H. The second kappa shape index (κ2) is 10.7. The van der Waals surface area contributed by atoms with Gasteiger partial charge in [-0.25, -0.2) is 19.1 Å². The van der Waals surface area contributed by atoms with Crippen molar-refractivity contribution >= 4 is 18.1 Å². The second-order valence-corrected chi connectivity index (χ2v) is 8.67. The largest absolute Gasteiger partial charge is 0.449 e. The van der Waals surface area contributed by atoms with Gasteiger partial charge in [-0.3, -0.25) is 5.32 Å². The first-order chi connectivity index (χ1) is 16.2. The first-order valence-electron chi connectivity index (χ1n) is 11.1. The van der Waals surface area contributed by atoms with E-state index < -0.39 is 17.8 Å². The molecule has 1 amide bonds. The van der Waals surface area contributed by atoms with Gasteiger partial charge in [-0.1, -0.05) is 55.7 Å². The Labute approximate surface area is 200 Å². The molecule has 0 aliphatic heterocycles. The molecule has 176 valence electrons. The van der Waals surface area contributed by atoms with Crippen LogP contribution in [0, 0.1) is 12.3 Å². The Balaban J connectivity index is 0.000000457. The van der Waals surface area contributed by atoms with Crippen LogP contribution in [-0.2, 0) is 9.47 Å². The lowest BCUT2D eigenvalue weighted by atomic mass is 10.1. The van der Waals surface area contributed by atoms with E-state index in [9.17, 15) is 9.59 Å². The van der Waals surface area contributed by atoms with Crippen molar-refractivity contribution in [1.29, 1.82) is 0 Å². The third-order valence-corrected chi connectivity index (χ3v) is 4.75. The highest BCUT2D eigenvalue weighted by Crippen LogP contribution is 2.32. The number of hydrogen-bond donors (Lipinski definition) is 1. The van der Waals surface area contributed by atoms with Gasteiger partial charge < -0.3 is 9.47 Å². The van der Waals surface area contributed by atoms with E-state index in [1.165, 1.54) is 21.9 Å². The van der Waals surface area contributed by atoms with Crippen LogP contribution in [0.15, 0.2) is 54.7 Å². The Morgan fingerprint density at radius 3 is 2.38 bits per heavy atom. The minimum atomic E-state index is -0.733. The summed E-state index contributed by atoms with van der Waals surface area (Å²) in [6.07, 6.45) is 7.31. The maximum absolute atomic E-state index is 12.8. The topological polar surface area (TPSA) is 82.5 Å². The first-order valence-corrected chi connectivity index (χ1v) is 11.1. The maximum atomic E-state index is 12.8. The van der Waals surface area contributed by atoms with Crippen LogP contribution in [0.2, 0.25) is 0 Å². The number of amides is 1. The van der Waals surface area contributed by atoms with E-state index >= 15 is 0 Å². The highest BCUT2D eigenvalue weighted by atomic mass is 16.6. The fourth-order valence-corrected chi connectivity index (χ4v) is 3.07. The fraction of sp³-hybridized carbons (Fsp3) is 0.296. The monoisotopic (exact) mass is 459 g/mol. The summed E-state index contributed by atoms with van der Waals surface area (Å²) in [6.45, 7) is 7.53. The van der Waals surface area contributed by atoms with E-state index in [0.717, 1.165) is 12.8 Å². The molecule has 1 heterocycles. The Morgan fingerprint density at radius 2 is 1.82 bits per heavy atom. The average molecular weight is 460 g/mol. The van der Waals surface area contributed by atoms with Crippen molar-refractivity contribution in [3.05, 3.63) is 60.3 Å². The van der Waals surface area contributed by atoms with Crippen LogP contribution < -0.4 is 5.32 Å². The van der Waals surface area contributed by atoms with Crippen LogP contribution in [0.3, 0.4) is 0 Å². The summed E-state index contributed by atoms with van der Waals surface area (Å²) in [4.78, 5) is 29.0. The molecule has 7 nitrogen and oxygen atoms in total. The van der Waals surface area contributed by atoms with Crippen molar-refractivity contribution in [2.24, 2.45) is 0 Å². The van der Waals surface area contributed by atoms with Crippen LogP contribution in [0.5, 0.6) is 0 Å². The van der Waals surface area contributed by atoms with E-state index in [2.05, 4.69) is 40.5 Å². The van der Waals surface area contributed by atoms with E-state index in [-0.39, 0.29) is 12.6 Å². The van der Waals surface area contributed by atoms with Crippen molar-refractivity contribution in [1.82, 2.24) is 9.55 Å². The molecule has 0 atom stereocenters. The van der Waals surface area contributed by atoms with E-state index in [1.54, 1.807) is 45.0 Å². The lowest BCUT2D eigenvalue weighted by Crippen LogP contribution is -2.29. The van der Waals surface area contributed by atoms with Crippen LogP contribution in [-0.4, -0.2) is 33.9 Å². The maximum Gasteiger partial charge on any atom is 0.421 e. The molecular weight excluding hydrogens is 430 g/mol. The molecule has 34 heavy (non-hydrogen) atoms. The predicted molar refractivity (Wildman–Crippen MR) is 133 cm³/mol. The van der Waals surface area contributed by atoms with Gasteiger partial charge in [0.2, 0.25) is 5.95 Å². The number of imidazole rings is 1. The zero-order valence-corrected chi connectivity index (χ0v) is 19.9. The number of anilines is 1. The molecule has 0 fully saturated rings. The number of aromatic nitrogens is 2. The van der Waals surface area contributed by atoms with Gasteiger partial charge in [0.25, 0.3) is 0 Å². The van der Waals surface area contributed by atoms with Crippen LogP contribution in [0.4, 0.5) is 15.5 Å². The number of benzene rings is 2. The summed E-state index contributed by atoms with van der Waals surface area (Å²) in [5, 5.41) is 2.50. The van der Waals surface area contributed by atoms with Gasteiger partial charge >= 0.3 is 12.2 Å². The number of carbonyl (C=O) groups is 2. The van der Waals surface area contributed by atoms with Gasteiger partial charge in [0, 0.05) is 11.1 Å². The van der Waals surface area contributed by atoms with Crippen molar-refractivity contribution in [3.8, 4) is 34.7 Å². The third-order valence-electron chi connectivity index (χ3n) is 4.75. The van der Waals surface area contributed by atoms with Gasteiger partial charge in [0.1, 0.15) is 5.60 Å². The number of rotatable bonds is 5. The number of fused-ring (bicyclic) bond motifs is 1. The Kier molecular flexibility index (Phi) is 7.75. The van der Waals surface area contributed by atoms with Crippen molar-refractivity contribution < 1.29 is 19.1 Å². The van der Waals surface area contributed by atoms with Crippen molar-refractivity contribution in [3.63, 3.8) is 0 Å². The van der Waals surface area contributed by atoms with Crippen molar-refractivity contribution in [2.45, 2.75) is 46.1 Å². The van der Waals surface area contributed by atoms with Crippen molar-refractivity contribution in [2.75, 3.05) is 11.9 Å². The van der Waals surface area contributed by atoms with E-state index in [1.807, 2.05) is 6.92 Å². The molecule has 0 saturated heterocycles. The van der Waals surface area contributed by atoms with E-state index in [4.69, 9.17) is 15.9 Å². The highest BCUT2D eigenvalue weighted by molar-refractivity contribution is 5.89. The molecule has 1 aromatic carbocycles. The SMILES string of the molecule is C#Cc1ccccc1-c1cnc(NC(=O)OCCCC)n1C(=O)OC(C)(C)C.c1cc2cc-2c1. The molecule has 2 aromatic rings. The summed E-state index contributed by atoms with van der Waals surface area (Å²) in [5.74, 6) is 2.59. The Morgan fingerprint density at radius 1 is 1.12 bits per heavy atom. The van der Waals surface area contributed by atoms with Gasteiger partial charge in [0.05, 0.1) is 18.5 Å². The number of unbranched alkanes of at least 4 members (excludes halogenated alkanes) is 1. The number of carbonyl (C=O) groups excluding carboxylic acids is 2. The molecule has 2 aliphatic rings. The molecule has 4 rings (SSSR count). The Hall–Kier alpha value is -4.05. The molecule has 0 spiro atoms. The zero-order chi connectivity index (χ0) is 24.7. The number of terminal acetylenes is 1. The lowest BCUT2D eigenvalue weighted by Gasteiger charge is -2.21. The Bertz CT molecular complexity index is 1200. The number of ether oxygens (including phenoxy) is 2. The number of hydrogen-bond acceptors (Lipinski definition) is 5. The second-order valence-electron chi connectivity index (χ2n) is 8.67. The lowest BCUT2D eigenvalue weighted by molar-refractivity contribution is 0.0543. The summed E-state index contributed by atoms with van der Waals surface area (Å²) in [7, 11) is 0. The molecule has 1 aromatic heterocycles. The molecule has 0 radical (unpaired) electrons. The molecule has 1 N–H and O–H groups in total.